The second-order valence-corrected chi connectivity index (χ2v) is 4.09. The zero-order valence-corrected chi connectivity index (χ0v) is 10.1. The van der Waals surface area contributed by atoms with Crippen LogP contribution in [0.4, 0.5) is 23.2 Å². The molecule has 7 heteroatoms. The predicted octanol–water partition coefficient (Wildman–Crippen LogP) is 2.72. The van der Waals surface area contributed by atoms with Gasteiger partial charge in [0, 0.05) is 13.2 Å². The van der Waals surface area contributed by atoms with Gasteiger partial charge in [-0.25, -0.2) is 0 Å². The van der Waals surface area contributed by atoms with Crippen LogP contribution in [0.2, 0.25) is 0 Å². The first-order chi connectivity index (χ1) is 8.43. The van der Waals surface area contributed by atoms with Crippen LogP contribution < -0.4 is 5.32 Å². The van der Waals surface area contributed by atoms with E-state index >= 15 is 0 Å². The number of pyridine rings is 1. The highest BCUT2D eigenvalue weighted by Gasteiger charge is 2.20. The van der Waals surface area contributed by atoms with Gasteiger partial charge in [0.15, 0.2) is 0 Å². The van der Waals surface area contributed by atoms with E-state index < -0.39 is 29.2 Å². The van der Waals surface area contributed by atoms with Gasteiger partial charge in [0.2, 0.25) is 11.6 Å². The molecule has 18 heavy (non-hydrogen) atoms. The van der Waals surface area contributed by atoms with E-state index in [4.69, 9.17) is 4.74 Å². The number of nitrogens with one attached hydrogen (secondary N) is 1. The Morgan fingerprint density at radius 2 is 1.67 bits per heavy atom. The number of nitrogens with zero attached hydrogens (tertiary/aromatic N) is 1. The minimum absolute atomic E-state index is 0.0312. The van der Waals surface area contributed by atoms with Gasteiger partial charge in [-0.05, 0) is 5.92 Å². The van der Waals surface area contributed by atoms with Gasteiger partial charge in [-0.15, -0.1) is 0 Å². The van der Waals surface area contributed by atoms with Crippen molar-refractivity contribution in [3.05, 3.63) is 23.5 Å². The van der Waals surface area contributed by atoms with Gasteiger partial charge >= 0.3 is 0 Å². The molecule has 0 spiro atoms. The van der Waals surface area contributed by atoms with Crippen LogP contribution in [-0.2, 0) is 4.74 Å². The molecule has 1 aromatic rings. The Balaban J connectivity index is 2.57. The van der Waals surface area contributed by atoms with Crippen LogP contribution >= 0.6 is 0 Å². The molecule has 0 aliphatic heterocycles. The summed E-state index contributed by atoms with van der Waals surface area (Å²) in [7, 11) is 0. The van der Waals surface area contributed by atoms with Crippen LogP contribution in [-0.4, -0.2) is 24.7 Å². The summed E-state index contributed by atoms with van der Waals surface area (Å²) in [4.78, 5) is 2.45. The summed E-state index contributed by atoms with van der Waals surface area (Å²) >= 11 is 0. The third kappa shape index (κ3) is 3.83. The number of anilines is 1. The average Bonchev–Trinajstić information content (AvgIpc) is 2.30. The summed E-state index contributed by atoms with van der Waals surface area (Å²) in [6.07, 6.45) is 0. The molecular weight excluding hydrogens is 252 g/mol. The third-order valence-electron chi connectivity index (χ3n) is 2.00. The normalized spacial score (nSPS) is 11.1. The lowest BCUT2D eigenvalue weighted by Crippen LogP contribution is -2.15. The smallest absolute Gasteiger partial charge is 0.253 e. The lowest BCUT2D eigenvalue weighted by molar-refractivity contribution is 0.118. The van der Waals surface area contributed by atoms with Crippen molar-refractivity contribution in [3.63, 3.8) is 0 Å². The maximum Gasteiger partial charge on any atom is 0.253 e. The largest absolute Gasteiger partial charge is 0.379 e. The Kier molecular flexibility index (Phi) is 5.33. The van der Waals surface area contributed by atoms with Crippen LogP contribution in [0.1, 0.15) is 13.8 Å². The first-order valence-electron chi connectivity index (χ1n) is 5.45. The average molecular weight is 266 g/mol. The van der Waals surface area contributed by atoms with Gasteiger partial charge in [-0.1, -0.05) is 13.8 Å². The fourth-order valence-electron chi connectivity index (χ4n) is 1.21. The minimum Gasteiger partial charge on any atom is -0.379 e. The second-order valence-electron chi connectivity index (χ2n) is 4.09. The SMILES string of the molecule is CC(C)COCCNc1c(F)c(F)nc(F)c1F. The number of ether oxygens (including phenoxy) is 1. The Morgan fingerprint density at radius 1 is 1.11 bits per heavy atom. The van der Waals surface area contributed by atoms with Gasteiger partial charge in [0.05, 0.1) is 6.61 Å². The van der Waals surface area contributed by atoms with Crippen molar-refractivity contribution < 1.29 is 22.3 Å². The second kappa shape index (κ2) is 6.53. The molecule has 3 nitrogen and oxygen atoms in total. The molecule has 0 saturated carbocycles. The molecule has 0 atom stereocenters. The van der Waals surface area contributed by atoms with Gasteiger partial charge in [0.25, 0.3) is 11.9 Å². The van der Waals surface area contributed by atoms with Crippen molar-refractivity contribution in [2.45, 2.75) is 13.8 Å². The molecule has 1 N–H and O–H groups in total. The summed E-state index contributed by atoms with van der Waals surface area (Å²) < 4.78 is 56.9. The van der Waals surface area contributed by atoms with Crippen molar-refractivity contribution in [1.29, 1.82) is 0 Å². The summed E-state index contributed by atoms with van der Waals surface area (Å²) in [6, 6.07) is 0. The van der Waals surface area contributed by atoms with Crippen molar-refractivity contribution in [1.82, 2.24) is 4.98 Å². The van der Waals surface area contributed by atoms with E-state index in [-0.39, 0.29) is 13.2 Å². The van der Waals surface area contributed by atoms with Crippen LogP contribution in [0.3, 0.4) is 0 Å². The molecule has 0 saturated heterocycles. The van der Waals surface area contributed by atoms with Gasteiger partial charge in [-0.3, -0.25) is 0 Å². The standard InChI is InChI=1S/C11H14F4N2O/c1-6(2)5-18-4-3-16-9-7(12)10(14)17-11(15)8(9)13/h6H,3-5H2,1-2H3,(H,16,17). The maximum absolute atomic E-state index is 13.1. The third-order valence-corrected chi connectivity index (χ3v) is 2.00. The molecule has 0 unspecified atom stereocenters. The quantitative estimate of drug-likeness (QED) is 0.488. The highest BCUT2D eigenvalue weighted by Crippen LogP contribution is 2.21. The van der Waals surface area contributed by atoms with E-state index in [1.165, 1.54) is 0 Å². The lowest BCUT2D eigenvalue weighted by atomic mass is 10.2. The van der Waals surface area contributed by atoms with E-state index in [1.54, 1.807) is 0 Å². The number of aromatic nitrogens is 1. The summed E-state index contributed by atoms with van der Waals surface area (Å²) in [5, 5.41) is 2.24. The summed E-state index contributed by atoms with van der Waals surface area (Å²) in [5.41, 5.74) is -0.867. The Labute approximate surface area is 102 Å². The van der Waals surface area contributed by atoms with Crippen LogP contribution in [0.5, 0.6) is 0 Å². The molecule has 0 bridgehead atoms. The number of halogens is 4. The zero-order valence-electron chi connectivity index (χ0n) is 10.1. The highest BCUT2D eigenvalue weighted by molar-refractivity contribution is 5.45. The molecule has 0 aromatic carbocycles. The fraction of sp³-hybridized carbons (Fsp3) is 0.545. The molecule has 1 heterocycles. The molecule has 102 valence electrons. The van der Waals surface area contributed by atoms with Gasteiger partial charge in [-0.2, -0.15) is 22.5 Å². The van der Waals surface area contributed by atoms with Crippen molar-refractivity contribution in [3.8, 4) is 0 Å². The van der Waals surface area contributed by atoms with E-state index in [0.717, 1.165) is 0 Å². The lowest BCUT2D eigenvalue weighted by Gasteiger charge is -2.10. The first-order valence-corrected chi connectivity index (χ1v) is 5.45. The highest BCUT2D eigenvalue weighted by atomic mass is 19.2. The minimum atomic E-state index is -1.68. The van der Waals surface area contributed by atoms with E-state index in [1.807, 2.05) is 13.8 Å². The van der Waals surface area contributed by atoms with Crippen LogP contribution in [0.25, 0.3) is 0 Å². The molecule has 1 aromatic heterocycles. The molecule has 0 amide bonds. The van der Waals surface area contributed by atoms with E-state index in [9.17, 15) is 17.6 Å². The van der Waals surface area contributed by atoms with E-state index in [0.29, 0.717) is 12.5 Å². The predicted molar refractivity (Wildman–Crippen MR) is 58.2 cm³/mol. The molecule has 0 fully saturated rings. The number of rotatable bonds is 6. The topological polar surface area (TPSA) is 34.1 Å². The van der Waals surface area contributed by atoms with E-state index in [2.05, 4.69) is 10.3 Å². The number of hydrogen-bond donors (Lipinski definition) is 1. The van der Waals surface area contributed by atoms with Crippen molar-refractivity contribution >= 4 is 5.69 Å². The molecule has 0 aliphatic carbocycles. The molecule has 0 aliphatic rings. The number of hydrogen-bond acceptors (Lipinski definition) is 3. The van der Waals surface area contributed by atoms with Crippen molar-refractivity contribution in [2.24, 2.45) is 5.92 Å². The van der Waals surface area contributed by atoms with Crippen molar-refractivity contribution in [2.75, 3.05) is 25.1 Å². The van der Waals surface area contributed by atoms with Crippen LogP contribution in [0.15, 0.2) is 0 Å². The molecular formula is C11H14F4N2O. The molecule has 1 rings (SSSR count). The summed E-state index contributed by atoms with van der Waals surface area (Å²) in [6.45, 7) is 4.58. The summed E-state index contributed by atoms with van der Waals surface area (Å²) in [5.74, 6) is -6.12. The van der Waals surface area contributed by atoms with Gasteiger partial charge < -0.3 is 10.1 Å². The first kappa shape index (κ1) is 14.7. The molecule has 0 radical (unpaired) electrons. The van der Waals surface area contributed by atoms with Crippen LogP contribution in [0, 0.1) is 29.4 Å². The Bertz CT molecular complexity index is 386. The Hall–Kier alpha value is -1.37. The maximum atomic E-state index is 13.1. The fourth-order valence-corrected chi connectivity index (χ4v) is 1.21. The Morgan fingerprint density at radius 3 is 2.17 bits per heavy atom. The zero-order chi connectivity index (χ0) is 13.7. The monoisotopic (exact) mass is 266 g/mol. The van der Waals surface area contributed by atoms with Gasteiger partial charge in [0.1, 0.15) is 5.69 Å².